The molecule has 60 heavy (non-hydrogen) atoms. The minimum Gasteiger partial charge on any atom is -0.504 e. The number of thioether (sulfide) groups is 1. The number of nitrogens with one attached hydrogen (secondary N) is 2. The van der Waals surface area contributed by atoms with E-state index in [-0.39, 0.29) is 58.2 Å². The predicted molar refractivity (Wildman–Crippen MR) is 223 cm³/mol. The van der Waals surface area contributed by atoms with Gasteiger partial charge in [0, 0.05) is 48.6 Å². The molecule has 22 heteroatoms. The van der Waals surface area contributed by atoms with Gasteiger partial charge in [-0.3, -0.25) is 29.0 Å². The molecule has 322 valence electrons. The number of benzene rings is 1. The van der Waals surface area contributed by atoms with Crippen LogP contribution in [0.2, 0.25) is 5.02 Å². The van der Waals surface area contributed by atoms with Crippen LogP contribution in [0.1, 0.15) is 81.9 Å². The molecule has 6 rings (SSSR count). The SMILES string of the molecule is CCCCCN(CCNC(=O)c1cn(C2CC2)c2cc(O)c(O)c(Cl)c2c1=O)CC1=C(C(=O)O)N2C(=O)[C@@H](NC(=O)/C(=N\OC(C)(C)C(=O)O)c3csc(N)n3)[C@H]2S[C@H]1C. The van der Waals surface area contributed by atoms with Gasteiger partial charge in [0.25, 0.3) is 17.7 Å². The fourth-order valence-electron chi connectivity index (χ4n) is 6.84. The van der Waals surface area contributed by atoms with Crippen LogP contribution in [0, 0.1) is 0 Å². The zero-order chi connectivity index (χ0) is 43.8. The van der Waals surface area contributed by atoms with Gasteiger partial charge in [0.05, 0.1) is 15.9 Å². The molecule has 3 aliphatic rings. The Morgan fingerprint density at radius 2 is 1.87 bits per heavy atom. The molecule has 2 fully saturated rings. The minimum absolute atomic E-state index is 0.0161. The summed E-state index contributed by atoms with van der Waals surface area (Å²) in [6.07, 6.45) is 5.56. The van der Waals surface area contributed by atoms with Crippen molar-refractivity contribution in [3.63, 3.8) is 0 Å². The maximum atomic E-state index is 13.7. The number of oxime groups is 1. The number of carbonyl (C=O) groups is 5. The summed E-state index contributed by atoms with van der Waals surface area (Å²) in [5.41, 5.74) is 3.12. The summed E-state index contributed by atoms with van der Waals surface area (Å²) in [6, 6.07) is 0.0600. The van der Waals surface area contributed by atoms with E-state index < -0.39 is 74.6 Å². The lowest BCUT2D eigenvalue weighted by Crippen LogP contribution is -2.71. The van der Waals surface area contributed by atoms with E-state index in [1.54, 1.807) is 11.5 Å². The molecule has 2 aliphatic heterocycles. The first-order valence-corrected chi connectivity index (χ1v) is 21.3. The number of nitrogen functional groups attached to an aromatic ring is 1. The highest BCUT2D eigenvalue weighted by atomic mass is 35.5. The number of thiazole rings is 1. The van der Waals surface area contributed by atoms with Gasteiger partial charge in [0.2, 0.25) is 11.0 Å². The van der Waals surface area contributed by atoms with Gasteiger partial charge in [0.15, 0.2) is 22.3 Å². The van der Waals surface area contributed by atoms with E-state index >= 15 is 0 Å². The standard InChI is InChI=1S/C38H45ClN8O11S2/c1-5-6-7-11-45(12-10-41-31(51)20-15-46(18-8-9-18)22-13-23(48)30(50)25(39)24(22)29(20)49)14-19-17(2)60-34-27(33(53)47(34)28(19)35(54)55)43-32(52)26(21-16-59-37(40)42-21)44-58-38(3,4)36(56)57/h13,15-18,27,34,48,50H,5-12,14H2,1-4H3,(H2,40,42)(H,41,51)(H,43,52)(H,54,55)(H,56,57)/b44-26-/t17-,27+,34+/m0/s1. The number of fused-ring (bicyclic) bond motifs is 2. The molecule has 0 bridgehead atoms. The summed E-state index contributed by atoms with van der Waals surface area (Å²) >= 11 is 8.57. The number of unbranched alkanes of at least 4 members (excludes halogenated alkanes) is 2. The predicted octanol–water partition coefficient (Wildman–Crippen LogP) is 3.07. The van der Waals surface area contributed by atoms with Gasteiger partial charge in [-0.05, 0) is 52.2 Å². The number of amides is 3. The third-order valence-corrected chi connectivity index (χ3v) is 12.9. The number of rotatable bonds is 18. The first-order valence-electron chi connectivity index (χ1n) is 19.1. The van der Waals surface area contributed by atoms with Gasteiger partial charge in [-0.25, -0.2) is 14.6 Å². The van der Waals surface area contributed by atoms with Crippen LogP contribution in [0.25, 0.3) is 10.9 Å². The molecule has 1 saturated heterocycles. The maximum Gasteiger partial charge on any atom is 0.352 e. The zero-order valence-electron chi connectivity index (χ0n) is 33.1. The number of phenols is 2. The van der Waals surface area contributed by atoms with Crippen LogP contribution in [0.4, 0.5) is 5.13 Å². The second-order valence-corrected chi connectivity index (χ2v) is 17.9. The number of aromatic nitrogens is 2. The van der Waals surface area contributed by atoms with E-state index in [4.69, 9.17) is 22.2 Å². The van der Waals surface area contributed by atoms with Gasteiger partial charge in [-0.15, -0.1) is 23.1 Å². The Bertz CT molecular complexity index is 2380. The van der Waals surface area contributed by atoms with Gasteiger partial charge >= 0.3 is 11.9 Å². The van der Waals surface area contributed by atoms with Crippen LogP contribution in [-0.4, -0.2) is 124 Å². The van der Waals surface area contributed by atoms with Crippen molar-refractivity contribution in [2.45, 2.75) is 88.1 Å². The number of carbonyl (C=O) groups excluding carboxylic acids is 3. The molecule has 1 saturated carbocycles. The van der Waals surface area contributed by atoms with Crippen molar-refractivity contribution in [1.82, 2.24) is 30.0 Å². The summed E-state index contributed by atoms with van der Waals surface area (Å²) < 4.78 is 1.71. The number of carboxylic acid groups (broad SMARTS) is 2. The van der Waals surface area contributed by atoms with E-state index in [0.29, 0.717) is 17.6 Å². The lowest BCUT2D eigenvalue weighted by atomic mass is 10.00. The fourth-order valence-corrected chi connectivity index (χ4v) is 9.10. The number of nitrogens with two attached hydrogens (primary N) is 1. The maximum absolute atomic E-state index is 13.7. The van der Waals surface area contributed by atoms with E-state index in [9.17, 15) is 49.2 Å². The summed E-state index contributed by atoms with van der Waals surface area (Å²) in [4.78, 5) is 91.2. The molecule has 3 atom stereocenters. The van der Waals surface area contributed by atoms with Crippen molar-refractivity contribution in [2.24, 2.45) is 5.16 Å². The third kappa shape index (κ3) is 8.89. The van der Waals surface area contributed by atoms with Crippen molar-refractivity contribution < 1.29 is 49.2 Å². The Labute approximate surface area is 356 Å². The highest BCUT2D eigenvalue weighted by Gasteiger charge is 2.56. The Morgan fingerprint density at radius 3 is 2.48 bits per heavy atom. The molecule has 19 nitrogen and oxygen atoms in total. The highest BCUT2D eigenvalue weighted by molar-refractivity contribution is 8.00. The number of nitrogens with zero attached hydrogens (tertiary/aromatic N) is 5. The van der Waals surface area contributed by atoms with Crippen LogP contribution < -0.4 is 21.8 Å². The van der Waals surface area contributed by atoms with Crippen LogP contribution in [0.15, 0.2) is 38.9 Å². The van der Waals surface area contributed by atoms with Crippen molar-refractivity contribution in [1.29, 1.82) is 0 Å². The second-order valence-electron chi connectivity index (χ2n) is 15.1. The number of aromatic hydroxyl groups is 2. The van der Waals surface area contributed by atoms with Crippen molar-refractivity contribution in [2.75, 3.05) is 31.9 Å². The smallest absolute Gasteiger partial charge is 0.352 e. The quantitative estimate of drug-likeness (QED) is 0.0318. The van der Waals surface area contributed by atoms with Gasteiger partial charge < -0.3 is 46.2 Å². The lowest BCUT2D eigenvalue weighted by Gasteiger charge is -2.51. The van der Waals surface area contributed by atoms with E-state index in [2.05, 4.69) is 20.8 Å². The largest absolute Gasteiger partial charge is 0.504 e. The van der Waals surface area contributed by atoms with Crippen LogP contribution in [-0.2, 0) is 24.0 Å². The van der Waals surface area contributed by atoms with E-state index in [1.165, 1.54) is 43.3 Å². The summed E-state index contributed by atoms with van der Waals surface area (Å²) in [5, 5.41) is 49.4. The number of β-lactam (4-membered cyclic amide) rings is 1. The average molecular weight is 889 g/mol. The van der Waals surface area contributed by atoms with Crippen LogP contribution >= 0.6 is 34.7 Å². The molecule has 3 aromatic rings. The third-order valence-electron chi connectivity index (χ3n) is 10.4. The number of pyridine rings is 1. The summed E-state index contributed by atoms with van der Waals surface area (Å²) in [7, 11) is 0. The minimum atomic E-state index is -1.82. The summed E-state index contributed by atoms with van der Waals surface area (Å²) in [5.74, 6) is -6.12. The second kappa shape index (κ2) is 17.7. The number of hydrogen-bond acceptors (Lipinski definition) is 15. The molecular formula is C38H45ClN8O11S2. The van der Waals surface area contributed by atoms with Gasteiger partial charge in [0.1, 0.15) is 28.4 Å². The zero-order valence-corrected chi connectivity index (χ0v) is 35.4. The first-order chi connectivity index (χ1) is 28.4. The molecule has 0 radical (unpaired) electrons. The normalized spacial score (nSPS) is 19.3. The van der Waals surface area contributed by atoms with Gasteiger partial charge in [-0.1, -0.05) is 36.5 Å². The number of anilines is 1. The number of hydrogen-bond donors (Lipinski definition) is 7. The molecule has 3 amide bonds. The molecule has 1 aliphatic carbocycles. The molecular weight excluding hydrogens is 844 g/mol. The Morgan fingerprint density at radius 1 is 1.15 bits per heavy atom. The Kier molecular flexibility index (Phi) is 13.0. The fraction of sp³-hybridized carbons (Fsp3) is 0.474. The molecule has 4 heterocycles. The average Bonchev–Trinajstić information content (AvgIpc) is 3.95. The number of halogens is 1. The topological polar surface area (TPSA) is 279 Å². The van der Waals surface area contributed by atoms with Crippen molar-refractivity contribution >= 4 is 86.1 Å². The molecule has 0 unspecified atom stereocenters. The van der Waals surface area contributed by atoms with Crippen molar-refractivity contribution in [3.8, 4) is 11.5 Å². The highest BCUT2D eigenvalue weighted by Crippen LogP contribution is 2.45. The number of phenolic OH excluding ortho intramolecular Hbond substituents is 2. The summed E-state index contributed by atoms with van der Waals surface area (Å²) in [6.45, 7) is 7.27. The molecule has 2 aromatic heterocycles. The van der Waals surface area contributed by atoms with Crippen LogP contribution in [0.3, 0.4) is 0 Å². The van der Waals surface area contributed by atoms with Crippen molar-refractivity contribution in [3.05, 3.63) is 55.4 Å². The molecule has 0 spiro atoms. The first kappa shape index (κ1) is 44.2. The number of carboxylic acids is 2. The van der Waals surface area contributed by atoms with E-state index in [1.807, 2.05) is 11.8 Å². The van der Waals surface area contributed by atoms with Gasteiger partial charge in [-0.2, -0.15) is 0 Å². The number of aliphatic carboxylic acids is 2. The molecule has 8 N–H and O–H groups in total. The van der Waals surface area contributed by atoms with Crippen LogP contribution in [0.5, 0.6) is 11.5 Å². The Hall–Kier alpha value is -5.38. The monoisotopic (exact) mass is 888 g/mol. The molecule has 1 aromatic carbocycles. The van der Waals surface area contributed by atoms with E-state index in [0.717, 1.165) is 48.3 Å². The lowest BCUT2D eigenvalue weighted by molar-refractivity contribution is -0.161. The Balaban J connectivity index is 1.19.